The molecule has 5 unspecified atom stereocenters. The first-order valence-corrected chi connectivity index (χ1v) is 6.97. The Hall–Kier alpha value is -0.790. The van der Waals surface area contributed by atoms with Crippen LogP contribution in [-0.2, 0) is 9.53 Å². The molecule has 0 N–H and O–H groups in total. The van der Waals surface area contributed by atoms with Crippen molar-refractivity contribution in [1.29, 1.82) is 0 Å². The summed E-state index contributed by atoms with van der Waals surface area (Å²) in [5, 5.41) is 0. The van der Waals surface area contributed by atoms with Crippen LogP contribution in [0.15, 0.2) is 11.1 Å². The van der Waals surface area contributed by atoms with E-state index in [9.17, 15) is 4.79 Å². The molecular weight excluding hydrogens is 212 g/mol. The van der Waals surface area contributed by atoms with E-state index in [1.54, 1.807) is 5.57 Å². The quantitative estimate of drug-likeness (QED) is 0.475. The summed E-state index contributed by atoms with van der Waals surface area (Å²) in [6.07, 6.45) is 4.94. The summed E-state index contributed by atoms with van der Waals surface area (Å²) in [5.41, 5.74) is 3.20. The molecule has 0 aromatic rings. The van der Waals surface area contributed by atoms with Gasteiger partial charge >= 0.3 is 5.97 Å². The van der Waals surface area contributed by atoms with Crippen molar-refractivity contribution in [2.24, 2.45) is 23.7 Å². The summed E-state index contributed by atoms with van der Waals surface area (Å²) in [6, 6.07) is 0. The smallest absolute Gasteiger partial charge is 0.309 e. The molecule has 0 bridgehead atoms. The molecule has 2 heteroatoms. The van der Waals surface area contributed by atoms with Crippen LogP contribution in [0.1, 0.15) is 46.5 Å². The van der Waals surface area contributed by atoms with Crippen LogP contribution >= 0.6 is 0 Å². The molecule has 17 heavy (non-hydrogen) atoms. The van der Waals surface area contributed by atoms with E-state index in [-0.39, 0.29) is 18.0 Å². The summed E-state index contributed by atoms with van der Waals surface area (Å²) in [4.78, 5) is 11.7. The highest BCUT2D eigenvalue weighted by atomic mass is 16.6. The van der Waals surface area contributed by atoms with E-state index in [0.717, 1.165) is 18.3 Å². The van der Waals surface area contributed by atoms with Gasteiger partial charge in [-0.15, -0.1) is 0 Å². The molecule has 2 nitrogen and oxygen atoms in total. The Balaban J connectivity index is 1.93. The third kappa shape index (κ3) is 1.64. The summed E-state index contributed by atoms with van der Waals surface area (Å²) in [7, 11) is 0. The maximum absolute atomic E-state index is 11.7. The lowest BCUT2D eigenvalue weighted by atomic mass is 9.81. The predicted octanol–water partition coefficient (Wildman–Crippen LogP) is 3.32. The van der Waals surface area contributed by atoms with Gasteiger partial charge < -0.3 is 4.74 Å². The highest BCUT2D eigenvalue weighted by Gasteiger charge is 2.46. The molecular formula is C15H22O2. The Morgan fingerprint density at radius 1 is 1.29 bits per heavy atom. The van der Waals surface area contributed by atoms with Gasteiger partial charge in [0.2, 0.25) is 0 Å². The first kappa shape index (κ1) is 11.3. The van der Waals surface area contributed by atoms with E-state index in [2.05, 4.69) is 13.8 Å². The number of fused-ring (bicyclic) bond motifs is 2. The molecule has 0 aromatic heterocycles. The molecule has 0 radical (unpaired) electrons. The summed E-state index contributed by atoms with van der Waals surface area (Å²) in [5.74, 6) is 2.12. The molecule has 94 valence electrons. The van der Waals surface area contributed by atoms with Gasteiger partial charge in [0.15, 0.2) is 0 Å². The zero-order chi connectivity index (χ0) is 12.2. The Morgan fingerprint density at radius 2 is 2.06 bits per heavy atom. The van der Waals surface area contributed by atoms with Crippen molar-refractivity contribution < 1.29 is 9.53 Å². The minimum Gasteiger partial charge on any atom is -0.461 e. The normalized spacial score (nSPS) is 45.4. The lowest BCUT2D eigenvalue weighted by Crippen LogP contribution is -2.21. The molecule has 1 saturated carbocycles. The predicted molar refractivity (Wildman–Crippen MR) is 66.4 cm³/mol. The lowest BCUT2D eigenvalue weighted by molar-refractivity contribution is -0.143. The molecule has 0 spiro atoms. The van der Waals surface area contributed by atoms with Gasteiger partial charge in [-0.2, -0.15) is 0 Å². The molecule has 1 saturated heterocycles. The second-order valence-electron chi connectivity index (χ2n) is 6.30. The van der Waals surface area contributed by atoms with Crippen LogP contribution in [0.4, 0.5) is 0 Å². The number of allylic oxidation sites excluding steroid dienone is 1. The number of hydrogen-bond donors (Lipinski definition) is 0. The number of hydrogen-bond acceptors (Lipinski definition) is 2. The van der Waals surface area contributed by atoms with Gasteiger partial charge in [-0.05, 0) is 38.0 Å². The highest BCUT2D eigenvalue weighted by Crippen LogP contribution is 2.49. The van der Waals surface area contributed by atoms with Crippen LogP contribution in [0.3, 0.4) is 0 Å². The van der Waals surface area contributed by atoms with Crippen LogP contribution in [0, 0.1) is 23.7 Å². The van der Waals surface area contributed by atoms with Gasteiger partial charge in [0.05, 0.1) is 5.92 Å². The Bertz CT molecular complexity index is 382. The lowest BCUT2D eigenvalue weighted by Gasteiger charge is -2.22. The Labute approximate surface area is 103 Å². The largest absolute Gasteiger partial charge is 0.461 e. The maximum Gasteiger partial charge on any atom is 0.309 e. The zero-order valence-electron chi connectivity index (χ0n) is 11.0. The van der Waals surface area contributed by atoms with Gasteiger partial charge in [0, 0.05) is 12.3 Å². The van der Waals surface area contributed by atoms with Gasteiger partial charge in [-0.1, -0.05) is 25.0 Å². The van der Waals surface area contributed by atoms with E-state index in [4.69, 9.17) is 4.74 Å². The van der Waals surface area contributed by atoms with Crippen LogP contribution in [0.2, 0.25) is 0 Å². The second-order valence-corrected chi connectivity index (χ2v) is 6.30. The van der Waals surface area contributed by atoms with Crippen molar-refractivity contribution in [3.63, 3.8) is 0 Å². The molecule has 3 aliphatic rings. The zero-order valence-corrected chi connectivity index (χ0v) is 11.0. The fourth-order valence-corrected chi connectivity index (χ4v) is 4.13. The second kappa shape index (κ2) is 3.86. The first-order valence-electron chi connectivity index (χ1n) is 6.97. The van der Waals surface area contributed by atoms with Gasteiger partial charge in [0.25, 0.3) is 0 Å². The minimum atomic E-state index is 0.0295. The van der Waals surface area contributed by atoms with Crippen molar-refractivity contribution in [2.45, 2.75) is 52.6 Å². The minimum absolute atomic E-state index is 0.0295. The van der Waals surface area contributed by atoms with E-state index < -0.39 is 0 Å². The van der Waals surface area contributed by atoms with Gasteiger partial charge in [-0.3, -0.25) is 4.79 Å². The Kier molecular flexibility index (Phi) is 2.57. The molecule has 0 amide bonds. The van der Waals surface area contributed by atoms with Crippen molar-refractivity contribution in [3.05, 3.63) is 11.1 Å². The summed E-state index contributed by atoms with van der Waals surface area (Å²) in [6.45, 7) is 6.67. The topological polar surface area (TPSA) is 26.3 Å². The van der Waals surface area contributed by atoms with Crippen molar-refractivity contribution in [3.8, 4) is 0 Å². The monoisotopic (exact) mass is 234 g/mol. The fourth-order valence-electron chi connectivity index (χ4n) is 4.13. The molecule has 5 atom stereocenters. The van der Waals surface area contributed by atoms with E-state index >= 15 is 0 Å². The third-order valence-electron chi connectivity index (χ3n) is 5.34. The number of carbonyl (C=O) groups is 1. The van der Waals surface area contributed by atoms with Crippen molar-refractivity contribution >= 4 is 5.97 Å². The van der Waals surface area contributed by atoms with Crippen LogP contribution in [0.5, 0.6) is 0 Å². The number of esters is 1. The standard InChI is InChI=1S/C15H22O2/c1-8-4-5-11-9(2)6-14-13(7-12(8)11)10(3)15(16)17-14/h8,10,12-14H,4-7H2,1-3H3. The average Bonchev–Trinajstić information content (AvgIpc) is 2.71. The SMILES string of the molecule is CC1=C2CCC(C)C2CC2C(C1)OC(=O)C2C. The number of rotatable bonds is 0. The molecule has 2 aliphatic carbocycles. The number of ether oxygens (including phenoxy) is 1. The van der Waals surface area contributed by atoms with Crippen LogP contribution < -0.4 is 0 Å². The van der Waals surface area contributed by atoms with Crippen LogP contribution in [0.25, 0.3) is 0 Å². The van der Waals surface area contributed by atoms with Crippen molar-refractivity contribution in [2.75, 3.05) is 0 Å². The fraction of sp³-hybridized carbons (Fsp3) is 0.800. The molecule has 1 aliphatic heterocycles. The molecule has 0 aromatic carbocycles. The third-order valence-corrected chi connectivity index (χ3v) is 5.34. The summed E-state index contributed by atoms with van der Waals surface area (Å²) >= 11 is 0. The first-order chi connectivity index (χ1) is 8.08. The number of carbonyl (C=O) groups excluding carboxylic acids is 1. The van der Waals surface area contributed by atoms with E-state index in [1.807, 2.05) is 6.92 Å². The van der Waals surface area contributed by atoms with Gasteiger partial charge in [-0.25, -0.2) is 0 Å². The maximum atomic E-state index is 11.7. The van der Waals surface area contributed by atoms with Crippen LogP contribution in [-0.4, -0.2) is 12.1 Å². The van der Waals surface area contributed by atoms with E-state index in [1.165, 1.54) is 24.8 Å². The molecule has 2 fully saturated rings. The van der Waals surface area contributed by atoms with E-state index in [0.29, 0.717) is 5.92 Å². The Morgan fingerprint density at radius 3 is 2.82 bits per heavy atom. The molecule has 3 rings (SSSR count). The van der Waals surface area contributed by atoms with Gasteiger partial charge in [0.1, 0.15) is 6.10 Å². The summed E-state index contributed by atoms with van der Waals surface area (Å²) < 4.78 is 5.56. The highest BCUT2D eigenvalue weighted by molar-refractivity contribution is 5.75. The molecule has 1 heterocycles. The van der Waals surface area contributed by atoms with Crippen molar-refractivity contribution in [1.82, 2.24) is 0 Å². The average molecular weight is 234 g/mol.